The Balaban J connectivity index is 1.69. The maximum absolute atomic E-state index is 13.0. The van der Waals surface area contributed by atoms with Crippen molar-refractivity contribution in [3.05, 3.63) is 66.2 Å². The number of alkyl halides is 1. The normalized spacial score (nSPS) is 15.0. The Hall–Kier alpha value is -2.69. The van der Waals surface area contributed by atoms with Crippen molar-refractivity contribution in [2.75, 3.05) is 24.7 Å². The van der Waals surface area contributed by atoms with Crippen LogP contribution in [0.5, 0.6) is 0 Å². The van der Waals surface area contributed by atoms with Crippen molar-refractivity contribution in [1.82, 2.24) is 4.90 Å². The summed E-state index contributed by atoms with van der Waals surface area (Å²) in [4.78, 5) is 28.0. The minimum absolute atomic E-state index is 0.00197. The third-order valence-corrected chi connectivity index (χ3v) is 4.55. The van der Waals surface area contributed by atoms with Gasteiger partial charge in [0, 0.05) is 30.4 Å². The Kier molecular flexibility index (Phi) is 5.43. The molecule has 2 amide bonds. The summed E-state index contributed by atoms with van der Waals surface area (Å²) < 4.78 is 13.0. The molecule has 1 aliphatic rings. The molecule has 130 valence electrons. The third kappa shape index (κ3) is 3.87. The SMILES string of the molecule is O=C(c1ccccc1)N1CCC(N(C(=O)CF)c2ccccc2)CC1. The van der Waals surface area contributed by atoms with Gasteiger partial charge in [0.25, 0.3) is 11.8 Å². The molecule has 1 heterocycles. The topological polar surface area (TPSA) is 40.6 Å². The summed E-state index contributed by atoms with van der Waals surface area (Å²) in [5, 5.41) is 0. The second-order valence-corrected chi connectivity index (χ2v) is 6.12. The summed E-state index contributed by atoms with van der Waals surface area (Å²) in [5.74, 6) is -0.527. The number of likely N-dealkylation sites (tertiary alicyclic amines) is 1. The summed E-state index contributed by atoms with van der Waals surface area (Å²) in [5.41, 5.74) is 1.37. The highest BCUT2D eigenvalue weighted by atomic mass is 19.1. The lowest BCUT2D eigenvalue weighted by Gasteiger charge is -2.38. The molecule has 0 unspecified atom stereocenters. The van der Waals surface area contributed by atoms with Gasteiger partial charge in [-0.2, -0.15) is 0 Å². The molecule has 2 aromatic rings. The first-order valence-corrected chi connectivity index (χ1v) is 8.48. The zero-order valence-corrected chi connectivity index (χ0v) is 14.0. The molecule has 2 aromatic carbocycles. The van der Waals surface area contributed by atoms with Crippen LogP contribution in [0.2, 0.25) is 0 Å². The van der Waals surface area contributed by atoms with Gasteiger partial charge in [0.2, 0.25) is 0 Å². The lowest BCUT2D eigenvalue weighted by atomic mass is 10.0. The number of hydrogen-bond acceptors (Lipinski definition) is 2. The maximum Gasteiger partial charge on any atom is 0.258 e. The molecule has 0 aromatic heterocycles. The fourth-order valence-corrected chi connectivity index (χ4v) is 3.30. The van der Waals surface area contributed by atoms with Gasteiger partial charge in [-0.1, -0.05) is 36.4 Å². The van der Waals surface area contributed by atoms with Crippen LogP contribution in [0.25, 0.3) is 0 Å². The van der Waals surface area contributed by atoms with Gasteiger partial charge in [0.05, 0.1) is 0 Å². The first kappa shape index (κ1) is 17.1. The average molecular weight is 340 g/mol. The first-order valence-electron chi connectivity index (χ1n) is 8.48. The fraction of sp³-hybridized carbons (Fsp3) is 0.300. The number of benzene rings is 2. The number of piperidine rings is 1. The van der Waals surface area contributed by atoms with Gasteiger partial charge in [-0.25, -0.2) is 4.39 Å². The number of amides is 2. The van der Waals surface area contributed by atoms with Crippen LogP contribution in [0.15, 0.2) is 60.7 Å². The van der Waals surface area contributed by atoms with Gasteiger partial charge in [-0.3, -0.25) is 9.59 Å². The minimum Gasteiger partial charge on any atom is -0.338 e. The summed E-state index contributed by atoms with van der Waals surface area (Å²) in [6.45, 7) is 0.0979. The molecule has 0 bridgehead atoms. The fourth-order valence-electron chi connectivity index (χ4n) is 3.30. The summed E-state index contributed by atoms with van der Waals surface area (Å²) >= 11 is 0. The van der Waals surface area contributed by atoms with Crippen LogP contribution in [0, 0.1) is 0 Å². The molecular formula is C20H21FN2O2. The molecule has 5 heteroatoms. The molecule has 0 spiro atoms. The van der Waals surface area contributed by atoms with Crippen LogP contribution in [0.4, 0.5) is 10.1 Å². The highest BCUT2D eigenvalue weighted by Crippen LogP contribution is 2.24. The third-order valence-electron chi connectivity index (χ3n) is 4.55. The number of anilines is 1. The van der Waals surface area contributed by atoms with E-state index in [0.29, 0.717) is 37.2 Å². The van der Waals surface area contributed by atoms with Gasteiger partial charge < -0.3 is 9.80 Å². The van der Waals surface area contributed by atoms with Gasteiger partial charge >= 0.3 is 0 Å². The number of hydrogen-bond donors (Lipinski definition) is 0. The molecule has 1 saturated heterocycles. The zero-order chi connectivity index (χ0) is 17.6. The van der Waals surface area contributed by atoms with Crippen molar-refractivity contribution in [2.24, 2.45) is 0 Å². The smallest absolute Gasteiger partial charge is 0.258 e. The van der Waals surface area contributed by atoms with Crippen molar-refractivity contribution < 1.29 is 14.0 Å². The van der Waals surface area contributed by atoms with E-state index in [9.17, 15) is 14.0 Å². The van der Waals surface area contributed by atoms with E-state index in [0.717, 1.165) is 0 Å². The van der Waals surface area contributed by atoms with E-state index in [1.54, 1.807) is 21.9 Å². The predicted octanol–water partition coefficient (Wildman–Crippen LogP) is 3.29. The summed E-state index contributed by atoms with van der Waals surface area (Å²) in [6.07, 6.45) is 1.28. The molecule has 0 radical (unpaired) electrons. The first-order chi connectivity index (χ1) is 12.2. The minimum atomic E-state index is -1.02. The van der Waals surface area contributed by atoms with E-state index in [1.165, 1.54) is 0 Å². The molecule has 1 aliphatic heterocycles. The second-order valence-electron chi connectivity index (χ2n) is 6.12. The molecule has 3 rings (SSSR count). The molecule has 0 saturated carbocycles. The van der Waals surface area contributed by atoms with Crippen molar-refractivity contribution in [1.29, 1.82) is 0 Å². The Bertz CT molecular complexity index is 713. The van der Waals surface area contributed by atoms with Crippen LogP contribution < -0.4 is 4.90 Å². The van der Waals surface area contributed by atoms with Crippen LogP contribution >= 0.6 is 0 Å². The van der Waals surface area contributed by atoms with E-state index in [4.69, 9.17) is 0 Å². The zero-order valence-electron chi connectivity index (χ0n) is 14.0. The van der Waals surface area contributed by atoms with Gasteiger partial charge in [-0.05, 0) is 37.1 Å². The van der Waals surface area contributed by atoms with Crippen LogP contribution in [-0.2, 0) is 4.79 Å². The number of nitrogens with zero attached hydrogens (tertiary/aromatic N) is 2. The predicted molar refractivity (Wildman–Crippen MR) is 95.3 cm³/mol. The van der Waals surface area contributed by atoms with E-state index in [2.05, 4.69) is 0 Å². The summed E-state index contributed by atoms with van der Waals surface area (Å²) in [7, 11) is 0. The van der Waals surface area contributed by atoms with Crippen molar-refractivity contribution >= 4 is 17.5 Å². The van der Waals surface area contributed by atoms with E-state index < -0.39 is 12.6 Å². The van der Waals surface area contributed by atoms with E-state index in [1.807, 2.05) is 48.5 Å². The number of carbonyl (C=O) groups is 2. The second kappa shape index (κ2) is 7.92. The highest BCUT2D eigenvalue weighted by molar-refractivity contribution is 5.95. The van der Waals surface area contributed by atoms with E-state index >= 15 is 0 Å². The van der Waals surface area contributed by atoms with Crippen LogP contribution in [-0.4, -0.2) is 42.5 Å². The lowest BCUT2D eigenvalue weighted by Crippen LogP contribution is -2.49. The number of rotatable bonds is 4. The van der Waals surface area contributed by atoms with Gasteiger partial charge in [-0.15, -0.1) is 0 Å². The Morgan fingerprint density at radius 3 is 2.08 bits per heavy atom. The Morgan fingerprint density at radius 1 is 0.960 bits per heavy atom. The molecule has 25 heavy (non-hydrogen) atoms. The van der Waals surface area contributed by atoms with E-state index in [-0.39, 0.29) is 11.9 Å². The van der Waals surface area contributed by atoms with Crippen LogP contribution in [0.3, 0.4) is 0 Å². The Labute approximate surface area is 146 Å². The molecule has 4 nitrogen and oxygen atoms in total. The van der Waals surface area contributed by atoms with Crippen molar-refractivity contribution in [2.45, 2.75) is 18.9 Å². The monoisotopic (exact) mass is 340 g/mol. The molecule has 0 N–H and O–H groups in total. The largest absolute Gasteiger partial charge is 0.338 e. The quantitative estimate of drug-likeness (QED) is 0.857. The molecule has 1 fully saturated rings. The number of halogens is 1. The standard InChI is InChI=1S/C20H21FN2O2/c21-15-19(24)23(17-9-5-2-6-10-17)18-11-13-22(14-12-18)20(25)16-7-3-1-4-8-16/h1-10,18H,11-15H2. The molecule has 0 aliphatic carbocycles. The maximum atomic E-state index is 13.0. The summed E-state index contributed by atoms with van der Waals surface area (Å²) in [6, 6.07) is 18.2. The molecule has 0 atom stereocenters. The molecular weight excluding hydrogens is 319 g/mol. The number of para-hydroxylation sites is 1. The lowest BCUT2D eigenvalue weighted by molar-refractivity contribution is -0.120. The Morgan fingerprint density at radius 2 is 1.52 bits per heavy atom. The van der Waals surface area contributed by atoms with Gasteiger partial charge in [0.1, 0.15) is 0 Å². The van der Waals surface area contributed by atoms with Crippen molar-refractivity contribution in [3.8, 4) is 0 Å². The highest BCUT2D eigenvalue weighted by Gasteiger charge is 2.30. The van der Waals surface area contributed by atoms with Crippen LogP contribution in [0.1, 0.15) is 23.2 Å². The van der Waals surface area contributed by atoms with Gasteiger partial charge in [0.15, 0.2) is 6.67 Å². The number of carbonyl (C=O) groups excluding carboxylic acids is 2. The average Bonchev–Trinajstić information content (AvgIpc) is 2.69. The van der Waals surface area contributed by atoms with Crippen molar-refractivity contribution in [3.63, 3.8) is 0 Å².